The van der Waals surface area contributed by atoms with Gasteiger partial charge < -0.3 is 10.1 Å². The third kappa shape index (κ3) is 5.42. The summed E-state index contributed by atoms with van der Waals surface area (Å²) in [4.78, 5) is 0. The van der Waals surface area contributed by atoms with Crippen LogP contribution >= 0.6 is 0 Å². The number of hydrogen-bond acceptors (Lipinski definition) is 2. The van der Waals surface area contributed by atoms with Gasteiger partial charge in [0, 0.05) is 18.6 Å². The number of hydrogen-bond donors (Lipinski definition) is 1. The molecule has 1 N–H and O–H groups in total. The van der Waals surface area contributed by atoms with Crippen molar-refractivity contribution in [2.45, 2.75) is 25.1 Å². The number of alkyl halides is 3. The van der Waals surface area contributed by atoms with Crippen molar-refractivity contribution in [3.63, 3.8) is 0 Å². The van der Waals surface area contributed by atoms with Crippen LogP contribution in [-0.4, -0.2) is 26.4 Å². The molecule has 1 rings (SSSR count). The summed E-state index contributed by atoms with van der Waals surface area (Å²) in [6.45, 7) is -0.122. The third-order valence-corrected chi connectivity index (χ3v) is 2.74. The van der Waals surface area contributed by atoms with Crippen molar-refractivity contribution in [1.82, 2.24) is 5.32 Å². The van der Waals surface area contributed by atoms with Crippen molar-refractivity contribution in [2.24, 2.45) is 0 Å². The Hall–Kier alpha value is -1.21. The minimum absolute atomic E-state index is 0.0330. The zero-order chi connectivity index (χ0) is 15.2. The van der Waals surface area contributed by atoms with Crippen LogP contribution in [0.4, 0.5) is 22.0 Å². The molecule has 0 aromatic heterocycles. The van der Waals surface area contributed by atoms with Gasteiger partial charge in [-0.3, -0.25) is 0 Å². The molecule has 0 radical (unpaired) electrons. The Labute approximate surface area is 113 Å². The molecule has 0 heterocycles. The molecule has 0 saturated carbocycles. The van der Waals surface area contributed by atoms with Crippen LogP contribution in [0.25, 0.3) is 0 Å². The van der Waals surface area contributed by atoms with Gasteiger partial charge in [0.2, 0.25) is 0 Å². The molecule has 0 saturated heterocycles. The summed E-state index contributed by atoms with van der Waals surface area (Å²) in [6, 6.07) is 3.15. The molecule has 1 unspecified atom stereocenters. The molecule has 0 aliphatic carbocycles. The molecule has 0 aliphatic rings. The molecule has 0 spiro atoms. The van der Waals surface area contributed by atoms with Gasteiger partial charge in [0.1, 0.15) is 0 Å². The summed E-state index contributed by atoms with van der Waals surface area (Å²) in [6.07, 6.45) is -5.29. The van der Waals surface area contributed by atoms with E-state index in [4.69, 9.17) is 4.74 Å². The van der Waals surface area contributed by atoms with Crippen LogP contribution in [0.2, 0.25) is 0 Å². The van der Waals surface area contributed by atoms with Gasteiger partial charge in [-0.25, -0.2) is 8.78 Å². The Kier molecular flexibility index (Phi) is 6.35. The zero-order valence-corrected chi connectivity index (χ0v) is 10.9. The average Bonchev–Trinajstić information content (AvgIpc) is 2.36. The predicted octanol–water partition coefficient (Wildman–Crippen LogP) is 3.58. The highest BCUT2D eigenvalue weighted by atomic mass is 19.4. The second-order valence-corrected chi connectivity index (χ2v) is 4.28. The fraction of sp³-hybridized carbons (Fsp3) is 0.538. The molecule has 7 heteroatoms. The van der Waals surface area contributed by atoms with Crippen molar-refractivity contribution in [2.75, 3.05) is 20.3 Å². The largest absolute Gasteiger partial charge is 0.389 e. The molecule has 20 heavy (non-hydrogen) atoms. The number of benzene rings is 1. The highest BCUT2D eigenvalue weighted by Gasteiger charge is 2.26. The monoisotopic (exact) mass is 297 g/mol. The summed E-state index contributed by atoms with van der Waals surface area (Å²) < 4.78 is 67.4. The van der Waals surface area contributed by atoms with Gasteiger partial charge in [0.25, 0.3) is 0 Å². The van der Waals surface area contributed by atoms with Crippen LogP contribution in [0.3, 0.4) is 0 Å². The first-order valence-corrected chi connectivity index (χ1v) is 6.11. The Balaban J connectivity index is 2.46. The van der Waals surface area contributed by atoms with Crippen LogP contribution in [0, 0.1) is 11.6 Å². The molecule has 114 valence electrons. The van der Waals surface area contributed by atoms with Gasteiger partial charge in [-0.05, 0) is 19.5 Å². The lowest BCUT2D eigenvalue weighted by Gasteiger charge is -2.18. The highest BCUT2D eigenvalue weighted by Crippen LogP contribution is 2.22. The Morgan fingerprint density at radius 2 is 1.95 bits per heavy atom. The molecule has 0 aliphatic heterocycles. The lowest BCUT2D eigenvalue weighted by Crippen LogP contribution is -2.23. The van der Waals surface area contributed by atoms with Crippen molar-refractivity contribution in [1.29, 1.82) is 0 Å². The van der Waals surface area contributed by atoms with Crippen LogP contribution < -0.4 is 5.32 Å². The van der Waals surface area contributed by atoms with E-state index in [1.165, 1.54) is 19.2 Å². The molecule has 1 aromatic carbocycles. The van der Waals surface area contributed by atoms with Gasteiger partial charge >= 0.3 is 6.18 Å². The van der Waals surface area contributed by atoms with Gasteiger partial charge in [-0.2, -0.15) is 13.2 Å². The predicted molar refractivity (Wildman–Crippen MR) is 64.3 cm³/mol. The summed E-state index contributed by atoms with van der Waals surface area (Å²) in [7, 11) is 1.54. The quantitative estimate of drug-likeness (QED) is 0.613. The minimum Gasteiger partial charge on any atom is -0.379 e. The number of likely N-dealkylation sites (N-methyl/N-ethyl adjacent to an activating group) is 1. The standard InChI is InChI=1S/C13H16F5NO/c1-19-11(8-20-7-3-6-13(16,17)18)9-4-2-5-10(14)12(9)15/h2,4-5,11,19H,3,6-8H2,1H3. The lowest BCUT2D eigenvalue weighted by molar-refractivity contribution is -0.138. The van der Waals surface area contributed by atoms with E-state index in [1.54, 1.807) is 0 Å². The van der Waals surface area contributed by atoms with E-state index in [2.05, 4.69) is 5.32 Å². The number of nitrogens with one attached hydrogen (secondary N) is 1. The van der Waals surface area contributed by atoms with E-state index in [0.717, 1.165) is 6.07 Å². The highest BCUT2D eigenvalue weighted by molar-refractivity contribution is 5.22. The molecule has 0 amide bonds. The van der Waals surface area contributed by atoms with Crippen molar-refractivity contribution >= 4 is 0 Å². The Morgan fingerprint density at radius 3 is 2.55 bits per heavy atom. The normalized spacial score (nSPS) is 13.5. The van der Waals surface area contributed by atoms with Crippen LogP contribution in [0.15, 0.2) is 18.2 Å². The van der Waals surface area contributed by atoms with Crippen molar-refractivity contribution in [3.05, 3.63) is 35.4 Å². The summed E-state index contributed by atoms with van der Waals surface area (Å²) in [5.41, 5.74) is 0.0864. The first-order valence-electron chi connectivity index (χ1n) is 6.11. The zero-order valence-electron chi connectivity index (χ0n) is 10.9. The third-order valence-electron chi connectivity index (χ3n) is 2.74. The van der Waals surface area contributed by atoms with Gasteiger partial charge in [0.05, 0.1) is 12.6 Å². The molecule has 1 atom stereocenters. The fourth-order valence-corrected chi connectivity index (χ4v) is 1.69. The SMILES string of the molecule is CNC(COCCCC(F)(F)F)c1cccc(F)c1F. The second kappa shape index (κ2) is 7.54. The van der Waals surface area contributed by atoms with E-state index < -0.39 is 30.3 Å². The van der Waals surface area contributed by atoms with E-state index in [0.29, 0.717) is 0 Å². The summed E-state index contributed by atoms with van der Waals surface area (Å²) in [5.74, 6) is -1.95. The number of rotatable bonds is 7. The maximum Gasteiger partial charge on any atom is 0.389 e. The molecule has 1 aromatic rings. The van der Waals surface area contributed by atoms with Gasteiger partial charge in [0.15, 0.2) is 11.6 Å². The smallest absolute Gasteiger partial charge is 0.379 e. The Bertz CT molecular complexity index is 422. The van der Waals surface area contributed by atoms with Crippen molar-refractivity contribution in [3.8, 4) is 0 Å². The van der Waals surface area contributed by atoms with Gasteiger partial charge in [-0.15, -0.1) is 0 Å². The maximum atomic E-state index is 13.6. The average molecular weight is 297 g/mol. The summed E-state index contributed by atoms with van der Waals surface area (Å²) >= 11 is 0. The molecular formula is C13H16F5NO. The Morgan fingerprint density at radius 1 is 1.25 bits per heavy atom. The van der Waals surface area contributed by atoms with E-state index in [9.17, 15) is 22.0 Å². The van der Waals surface area contributed by atoms with E-state index >= 15 is 0 Å². The van der Waals surface area contributed by atoms with Crippen LogP contribution in [-0.2, 0) is 4.74 Å². The maximum absolute atomic E-state index is 13.6. The molecule has 0 bridgehead atoms. The van der Waals surface area contributed by atoms with Crippen molar-refractivity contribution < 1.29 is 26.7 Å². The number of ether oxygens (including phenoxy) is 1. The van der Waals surface area contributed by atoms with E-state index in [-0.39, 0.29) is 25.2 Å². The molecule has 2 nitrogen and oxygen atoms in total. The topological polar surface area (TPSA) is 21.3 Å². The minimum atomic E-state index is -4.21. The second-order valence-electron chi connectivity index (χ2n) is 4.28. The molecular weight excluding hydrogens is 281 g/mol. The van der Waals surface area contributed by atoms with Gasteiger partial charge in [-0.1, -0.05) is 12.1 Å². The molecule has 0 fully saturated rings. The fourth-order valence-electron chi connectivity index (χ4n) is 1.69. The first kappa shape index (κ1) is 16.8. The lowest BCUT2D eigenvalue weighted by atomic mass is 10.1. The first-order chi connectivity index (χ1) is 9.35. The summed E-state index contributed by atoms with van der Waals surface area (Å²) in [5, 5.41) is 2.74. The number of halogens is 5. The van der Waals surface area contributed by atoms with Crippen LogP contribution in [0.1, 0.15) is 24.4 Å². The van der Waals surface area contributed by atoms with Crippen LogP contribution in [0.5, 0.6) is 0 Å². The van der Waals surface area contributed by atoms with E-state index in [1.807, 2.05) is 0 Å².